The van der Waals surface area contributed by atoms with Crippen molar-refractivity contribution in [3.63, 3.8) is 0 Å². The highest BCUT2D eigenvalue weighted by molar-refractivity contribution is 14.1. The van der Waals surface area contributed by atoms with Crippen molar-refractivity contribution in [1.29, 1.82) is 0 Å². The molecule has 0 saturated carbocycles. The molecule has 0 fully saturated rings. The van der Waals surface area contributed by atoms with E-state index in [9.17, 15) is 9.18 Å². The van der Waals surface area contributed by atoms with Gasteiger partial charge in [0.15, 0.2) is 46.1 Å². The van der Waals surface area contributed by atoms with Crippen LogP contribution in [0.3, 0.4) is 0 Å². The number of halogens is 2. The van der Waals surface area contributed by atoms with Crippen LogP contribution in [0.4, 0.5) is 26.5 Å². The van der Waals surface area contributed by atoms with Gasteiger partial charge in [-0.3, -0.25) is 4.90 Å². The number of nitrogen functional groups attached to an aromatic ring is 2. The highest BCUT2D eigenvalue weighted by atomic mass is 127. The number of nitrogens with zero attached hydrogens (tertiary/aromatic N) is 6. The summed E-state index contributed by atoms with van der Waals surface area (Å²) in [6.07, 6.45) is 0.933. The van der Waals surface area contributed by atoms with E-state index in [1.54, 1.807) is 41.2 Å². The second kappa shape index (κ2) is 8.29. The van der Waals surface area contributed by atoms with Crippen LogP contribution in [0.5, 0.6) is 0 Å². The van der Waals surface area contributed by atoms with Crippen LogP contribution >= 0.6 is 23.0 Å². The lowest BCUT2D eigenvalue weighted by Gasteiger charge is -2.18. The first-order valence-electron chi connectivity index (χ1n) is 8.95. The van der Waals surface area contributed by atoms with Crippen LogP contribution in [0.15, 0.2) is 42.6 Å². The van der Waals surface area contributed by atoms with Gasteiger partial charge in [0.1, 0.15) is 17.2 Å². The number of aromatic nitrogens is 5. The third kappa shape index (κ3) is 3.81. The Morgan fingerprint density at radius 2 is 1.90 bits per heavy atom. The largest absolute Gasteiger partial charge is 0.423 e. The molecule has 4 N–H and O–H groups in total. The van der Waals surface area contributed by atoms with Crippen LogP contribution in [0, 0.1) is 5.82 Å². The molecule has 4 aromatic rings. The number of amides is 1. The van der Waals surface area contributed by atoms with Crippen LogP contribution in [0.2, 0.25) is 0 Å². The first kappa shape index (κ1) is 20.7. The van der Waals surface area contributed by atoms with Crippen molar-refractivity contribution in [3.05, 3.63) is 54.0 Å². The number of hydrogen-bond acceptors (Lipinski definition) is 8. The van der Waals surface area contributed by atoms with Gasteiger partial charge in [-0.15, -0.1) is 0 Å². The van der Waals surface area contributed by atoms with Gasteiger partial charge in [0, 0.05) is 18.8 Å². The van der Waals surface area contributed by atoms with Crippen molar-refractivity contribution in [2.75, 3.05) is 23.4 Å². The lowest BCUT2D eigenvalue weighted by atomic mass is 10.2. The Kier molecular flexibility index (Phi) is 5.54. The van der Waals surface area contributed by atoms with E-state index in [1.807, 2.05) is 0 Å². The molecule has 0 aliphatic rings. The number of carbonyl (C=O) groups is 1. The predicted octanol–water partition coefficient (Wildman–Crippen LogP) is 3.16. The number of benzene rings is 1. The summed E-state index contributed by atoms with van der Waals surface area (Å²) < 4.78 is 20.4. The molecule has 0 saturated heterocycles. The predicted molar refractivity (Wildman–Crippen MR) is 122 cm³/mol. The van der Waals surface area contributed by atoms with Gasteiger partial charge in [0.05, 0.1) is 11.9 Å². The van der Waals surface area contributed by atoms with Crippen molar-refractivity contribution >= 4 is 57.5 Å². The van der Waals surface area contributed by atoms with Gasteiger partial charge in [0.2, 0.25) is 0 Å². The summed E-state index contributed by atoms with van der Waals surface area (Å²) in [5.41, 5.74) is 13.6. The van der Waals surface area contributed by atoms with Crippen molar-refractivity contribution < 1.29 is 12.3 Å². The van der Waals surface area contributed by atoms with E-state index in [0.29, 0.717) is 22.3 Å². The molecule has 4 rings (SSSR count). The molecule has 0 atom stereocenters. The molecule has 3 heterocycles. The second-order valence-electron chi connectivity index (χ2n) is 6.54. The monoisotopic (exact) mass is 534 g/mol. The van der Waals surface area contributed by atoms with E-state index in [0.717, 1.165) is 4.90 Å². The van der Waals surface area contributed by atoms with Gasteiger partial charge < -0.3 is 14.5 Å². The van der Waals surface area contributed by atoms with E-state index in [1.165, 1.54) is 36.1 Å². The fourth-order valence-corrected chi connectivity index (χ4v) is 3.45. The number of hydrogen-bond donors (Lipinski definition) is 2. The third-order valence-electron chi connectivity index (χ3n) is 4.61. The summed E-state index contributed by atoms with van der Waals surface area (Å²) in [6.45, 7) is 0.160. The number of nitrogens with two attached hydrogens (primary N) is 2. The van der Waals surface area contributed by atoms with Gasteiger partial charge in [-0.2, -0.15) is 5.10 Å². The van der Waals surface area contributed by atoms with E-state index in [-0.39, 0.29) is 35.5 Å². The van der Waals surface area contributed by atoms with Crippen LogP contribution in [0.25, 0.3) is 22.6 Å². The summed E-state index contributed by atoms with van der Waals surface area (Å²) in [4.78, 5) is 25.9. The van der Waals surface area contributed by atoms with Gasteiger partial charge in [-0.05, 0) is 18.2 Å². The molecule has 10 nitrogen and oxygen atoms in total. The second-order valence-corrected chi connectivity index (χ2v) is 6.98. The Bertz CT molecular complexity index is 1270. The molecule has 1 aromatic carbocycles. The standard InChI is InChI=1S/C19H16FIN8O2/c1-28(19(30)31-21)14-15(22)25-17(26-16(14)23)13-11-6-4-8-24-18(11)29(27-13)9-10-5-2-3-7-12(10)20/h2-8H,9H2,1H3,(H4,22,23,25,26). The molecule has 0 aliphatic carbocycles. The van der Waals surface area contributed by atoms with E-state index < -0.39 is 6.09 Å². The minimum Gasteiger partial charge on any atom is -0.382 e. The van der Waals surface area contributed by atoms with Gasteiger partial charge >= 0.3 is 6.09 Å². The molecule has 0 radical (unpaired) electrons. The molecule has 3 aromatic heterocycles. The molecule has 0 aliphatic heterocycles. The lowest BCUT2D eigenvalue weighted by molar-refractivity contribution is 0.223. The zero-order chi connectivity index (χ0) is 22.1. The molecule has 0 unspecified atom stereocenters. The molecular weight excluding hydrogens is 518 g/mol. The molecule has 0 bridgehead atoms. The molecule has 1 amide bonds. The lowest BCUT2D eigenvalue weighted by Crippen LogP contribution is -2.27. The van der Waals surface area contributed by atoms with Crippen molar-refractivity contribution in [3.8, 4) is 11.5 Å². The highest BCUT2D eigenvalue weighted by Gasteiger charge is 2.23. The van der Waals surface area contributed by atoms with E-state index >= 15 is 0 Å². The van der Waals surface area contributed by atoms with Crippen molar-refractivity contribution in [2.24, 2.45) is 0 Å². The maximum absolute atomic E-state index is 14.2. The molecule has 158 valence electrons. The minimum absolute atomic E-state index is 0.0208. The number of pyridine rings is 1. The number of carbonyl (C=O) groups excluding carboxylic acids is 1. The zero-order valence-electron chi connectivity index (χ0n) is 16.2. The molecular formula is C19H16FIN8O2. The average Bonchev–Trinajstić information content (AvgIpc) is 3.12. The van der Waals surface area contributed by atoms with E-state index in [2.05, 4.69) is 23.1 Å². The van der Waals surface area contributed by atoms with Crippen LogP contribution < -0.4 is 16.4 Å². The van der Waals surface area contributed by atoms with Crippen molar-refractivity contribution in [1.82, 2.24) is 24.7 Å². The number of rotatable bonds is 4. The quantitative estimate of drug-likeness (QED) is 0.381. The fraction of sp³-hybridized carbons (Fsp3) is 0.105. The number of anilines is 3. The van der Waals surface area contributed by atoms with Gasteiger partial charge in [-0.1, -0.05) is 18.2 Å². The van der Waals surface area contributed by atoms with Crippen LogP contribution in [0.1, 0.15) is 5.56 Å². The normalized spacial score (nSPS) is 10.9. The van der Waals surface area contributed by atoms with Gasteiger partial charge in [-0.25, -0.2) is 28.8 Å². The summed E-state index contributed by atoms with van der Waals surface area (Å²) in [5.74, 6) is -0.233. The number of fused-ring (bicyclic) bond motifs is 1. The summed E-state index contributed by atoms with van der Waals surface area (Å²) in [6, 6.07) is 9.97. The first-order chi connectivity index (χ1) is 14.9. The zero-order valence-corrected chi connectivity index (χ0v) is 18.3. The van der Waals surface area contributed by atoms with Crippen LogP contribution in [-0.2, 0) is 9.61 Å². The van der Waals surface area contributed by atoms with E-state index in [4.69, 9.17) is 11.5 Å². The summed E-state index contributed by atoms with van der Waals surface area (Å²) >= 11 is 1.46. The molecule has 31 heavy (non-hydrogen) atoms. The maximum atomic E-state index is 14.2. The Balaban J connectivity index is 1.82. The summed E-state index contributed by atoms with van der Waals surface area (Å²) in [7, 11) is 1.44. The summed E-state index contributed by atoms with van der Waals surface area (Å²) in [5, 5.41) is 5.19. The Labute approximate surface area is 189 Å². The Morgan fingerprint density at radius 3 is 2.58 bits per heavy atom. The van der Waals surface area contributed by atoms with Crippen LogP contribution in [-0.4, -0.2) is 37.9 Å². The highest BCUT2D eigenvalue weighted by Crippen LogP contribution is 2.32. The molecule has 12 heteroatoms. The Hall–Kier alpha value is -3.55. The van der Waals surface area contributed by atoms with Gasteiger partial charge in [0.25, 0.3) is 0 Å². The fourth-order valence-electron chi connectivity index (χ4n) is 3.16. The molecule has 0 spiro atoms. The van der Waals surface area contributed by atoms with Crippen molar-refractivity contribution in [2.45, 2.75) is 6.54 Å². The average molecular weight is 534 g/mol. The Morgan fingerprint density at radius 1 is 1.19 bits per heavy atom. The SMILES string of the molecule is CN(C(=O)OI)c1c(N)nc(-c2nn(Cc3ccccc3F)c3ncccc23)nc1N. The minimum atomic E-state index is -0.681. The topological polar surface area (TPSA) is 138 Å². The smallest absolute Gasteiger partial charge is 0.382 e. The maximum Gasteiger partial charge on any atom is 0.423 e. The first-order valence-corrected chi connectivity index (χ1v) is 9.83. The third-order valence-corrected chi connectivity index (χ3v) is 4.99.